The smallest absolute Gasteiger partial charge is 0.339 e. The van der Waals surface area contributed by atoms with Crippen molar-refractivity contribution in [3.05, 3.63) is 24.0 Å². The second-order valence-electron chi connectivity index (χ2n) is 3.58. The van der Waals surface area contributed by atoms with Gasteiger partial charge in [-0.1, -0.05) is 0 Å². The summed E-state index contributed by atoms with van der Waals surface area (Å²) in [7, 11) is -2.92. The SMILES string of the molecule is COC(=O)c1cncc(S(=O)(=O)N[C@@H](C)C(=O)O)c1. The van der Waals surface area contributed by atoms with Crippen molar-refractivity contribution in [2.24, 2.45) is 0 Å². The number of carboxylic acid groups (broad SMARTS) is 1. The Morgan fingerprint density at radius 2 is 2.05 bits per heavy atom. The number of hydrogen-bond donors (Lipinski definition) is 2. The van der Waals surface area contributed by atoms with Gasteiger partial charge in [0, 0.05) is 12.4 Å². The Labute approximate surface area is 109 Å². The van der Waals surface area contributed by atoms with Crippen LogP contribution in [0.4, 0.5) is 0 Å². The van der Waals surface area contributed by atoms with E-state index in [0.717, 1.165) is 25.6 Å². The predicted molar refractivity (Wildman–Crippen MR) is 63.0 cm³/mol. The molecular formula is C10H12N2O6S. The molecule has 8 nitrogen and oxygen atoms in total. The first-order chi connectivity index (χ1) is 8.77. The van der Waals surface area contributed by atoms with Crippen LogP contribution in [0.3, 0.4) is 0 Å². The van der Waals surface area contributed by atoms with Crippen molar-refractivity contribution < 1.29 is 27.9 Å². The normalized spacial score (nSPS) is 12.7. The number of carbonyl (C=O) groups is 2. The summed E-state index contributed by atoms with van der Waals surface area (Å²) in [5.74, 6) is -2.06. The largest absolute Gasteiger partial charge is 0.480 e. The molecule has 1 aromatic heterocycles. The molecule has 0 radical (unpaired) electrons. The van der Waals surface area contributed by atoms with E-state index in [4.69, 9.17) is 5.11 Å². The molecule has 0 amide bonds. The molecule has 0 saturated carbocycles. The van der Waals surface area contributed by atoms with Crippen molar-refractivity contribution in [2.45, 2.75) is 17.9 Å². The van der Waals surface area contributed by atoms with Crippen molar-refractivity contribution in [1.82, 2.24) is 9.71 Å². The Kier molecular flexibility index (Phi) is 4.57. The van der Waals surface area contributed by atoms with Crippen molar-refractivity contribution in [2.75, 3.05) is 7.11 Å². The maximum absolute atomic E-state index is 11.8. The van der Waals surface area contributed by atoms with Crippen LogP contribution in [0.15, 0.2) is 23.4 Å². The van der Waals surface area contributed by atoms with Crippen molar-refractivity contribution >= 4 is 22.0 Å². The van der Waals surface area contributed by atoms with Crippen LogP contribution in [0.5, 0.6) is 0 Å². The van der Waals surface area contributed by atoms with E-state index in [0.29, 0.717) is 0 Å². The number of ether oxygens (including phenoxy) is 1. The molecule has 1 aromatic rings. The molecule has 9 heteroatoms. The third kappa shape index (κ3) is 3.73. The minimum Gasteiger partial charge on any atom is -0.480 e. The highest BCUT2D eigenvalue weighted by Gasteiger charge is 2.22. The second-order valence-corrected chi connectivity index (χ2v) is 5.30. The van der Waals surface area contributed by atoms with Gasteiger partial charge in [0.1, 0.15) is 10.9 Å². The van der Waals surface area contributed by atoms with Gasteiger partial charge in [-0.15, -0.1) is 0 Å². The topological polar surface area (TPSA) is 123 Å². The molecule has 0 spiro atoms. The van der Waals surface area contributed by atoms with Gasteiger partial charge in [-0.05, 0) is 13.0 Å². The van der Waals surface area contributed by atoms with E-state index in [1.807, 2.05) is 4.72 Å². The highest BCUT2D eigenvalue weighted by atomic mass is 32.2. The molecule has 0 aliphatic rings. The molecule has 0 aliphatic heterocycles. The van der Waals surface area contributed by atoms with Gasteiger partial charge in [0.05, 0.1) is 12.7 Å². The number of methoxy groups -OCH3 is 1. The van der Waals surface area contributed by atoms with E-state index in [1.54, 1.807) is 0 Å². The summed E-state index contributed by atoms with van der Waals surface area (Å²) in [5.41, 5.74) is -0.0478. The lowest BCUT2D eigenvalue weighted by Gasteiger charge is -2.10. The molecule has 1 heterocycles. The first-order valence-electron chi connectivity index (χ1n) is 5.06. The van der Waals surface area contributed by atoms with Gasteiger partial charge in [-0.3, -0.25) is 9.78 Å². The third-order valence-electron chi connectivity index (χ3n) is 2.15. The Morgan fingerprint density at radius 3 is 2.58 bits per heavy atom. The lowest BCUT2D eigenvalue weighted by molar-refractivity contribution is -0.138. The second kappa shape index (κ2) is 5.76. The quantitative estimate of drug-likeness (QED) is 0.708. The Hall–Kier alpha value is -2.00. The summed E-state index contributed by atoms with van der Waals surface area (Å²) in [6.45, 7) is 1.18. The Bertz CT molecular complexity index is 598. The van der Waals surface area contributed by atoms with Gasteiger partial charge < -0.3 is 9.84 Å². The van der Waals surface area contributed by atoms with Crippen LogP contribution in [0.25, 0.3) is 0 Å². The Balaban J connectivity index is 3.08. The zero-order valence-corrected chi connectivity index (χ0v) is 11.0. The Morgan fingerprint density at radius 1 is 1.42 bits per heavy atom. The number of aromatic nitrogens is 1. The van der Waals surface area contributed by atoms with Crippen molar-refractivity contribution in [1.29, 1.82) is 0 Å². The number of carboxylic acids is 1. The van der Waals surface area contributed by atoms with Gasteiger partial charge in [0.25, 0.3) is 0 Å². The van der Waals surface area contributed by atoms with E-state index in [-0.39, 0.29) is 10.5 Å². The van der Waals surface area contributed by atoms with Crippen molar-refractivity contribution in [3.8, 4) is 0 Å². The monoisotopic (exact) mass is 288 g/mol. The first kappa shape index (κ1) is 15.1. The van der Waals surface area contributed by atoms with E-state index in [2.05, 4.69) is 9.72 Å². The number of rotatable bonds is 5. The molecule has 19 heavy (non-hydrogen) atoms. The molecule has 1 atom stereocenters. The highest BCUT2D eigenvalue weighted by Crippen LogP contribution is 2.11. The fraction of sp³-hybridized carbons (Fsp3) is 0.300. The highest BCUT2D eigenvalue weighted by molar-refractivity contribution is 7.89. The zero-order valence-electron chi connectivity index (χ0n) is 10.2. The number of hydrogen-bond acceptors (Lipinski definition) is 6. The third-order valence-corrected chi connectivity index (χ3v) is 3.65. The predicted octanol–water partition coefficient (Wildman–Crippen LogP) is -0.380. The van der Waals surface area contributed by atoms with Gasteiger partial charge in [-0.2, -0.15) is 4.72 Å². The average Bonchev–Trinajstić information content (AvgIpc) is 2.37. The summed E-state index contributed by atoms with van der Waals surface area (Å²) in [6, 6.07) is -0.248. The fourth-order valence-corrected chi connectivity index (χ4v) is 2.33. The van der Waals surface area contributed by atoms with Crippen LogP contribution < -0.4 is 4.72 Å². The summed E-state index contributed by atoms with van der Waals surface area (Å²) < 4.78 is 30.1. The van der Waals surface area contributed by atoms with Gasteiger partial charge in [0.2, 0.25) is 10.0 Å². The number of pyridine rings is 1. The van der Waals surface area contributed by atoms with E-state index in [9.17, 15) is 18.0 Å². The van der Waals surface area contributed by atoms with Crippen LogP contribution in [0.1, 0.15) is 17.3 Å². The number of esters is 1. The van der Waals surface area contributed by atoms with E-state index in [1.165, 1.54) is 6.92 Å². The maximum Gasteiger partial charge on any atom is 0.339 e. The zero-order chi connectivity index (χ0) is 14.6. The molecule has 0 unspecified atom stereocenters. The number of carbonyl (C=O) groups excluding carboxylic acids is 1. The number of aliphatic carboxylic acids is 1. The lowest BCUT2D eigenvalue weighted by atomic mass is 10.3. The summed E-state index contributed by atoms with van der Waals surface area (Å²) >= 11 is 0. The molecule has 0 fully saturated rings. The molecule has 0 aliphatic carbocycles. The van der Waals surface area contributed by atoms with Crippen LogP contribution in [0.2, 0.25) is 0 Å². The first-order valence-corrected chi connectivity index (χ1v) is 6.54. The molecule has 0 saturated heterocycles. The minimum absolute atomic E-state index is 0.0478. The standard InChI is InChI=1S/C10H12N2O6S/c1-6(9(13)14)12-19(16,17)8-3-7(4-11-5-8)10(15)18-2/h3-6,12H,1-2H3,(H,13,14)/t6-/m0/s1. The van der Waals surface area contributed by atoms with Crippen LogP contribution >= 0.6 is 0 Å². The summed E-state index contributed by atoms with van der Waals surface area (Å²) in [5, 5.41) is 8.66. The fourth-order valence-electron chi connectivity index (χ4n) is 1.15. The van der Waals surface area contributed by atoms with E-state index >= 15 is 0 Å². The molecule has 104 valence electrons. The molecule has 0 aromatic carbocycles. The lowest BCUT2D eigenvalue weighted by Crippen LogP contribution is -2.38. The number of sulfonamides is 1. The number of nitrogens with zero attached hydrogens (tertiary/aromatic N) is 1. The average molecular weight is 288 g/mol. The van der Waals surface area contributed by atoms with Gasteiger partial charge in [-0.25, -0.2) is 13.2 Å². The molecule has 0 bridgehead atoms. The molecular weight excluding hydrogens is 276 g/mol. The van der Waals surface area contributed by atoms with Gasteiger partial charge >= 0.3 is 11.9 Å². The van der Waals surface area contributed by atoms with Gasteiger partial charge in [0.15, 0.2) is 0 Å². The summed E-state index contributed by atoms with van der Waals surface area (Å²) in [4.78, 5) is 25.2. The van der Waals surface area contributed by atoms with Crippen molar-refractivity contribution in [3.63, 3.8) is 0 Å². The maximum atomic E-state index is 11.8. The molecule has 2 N–H and O–H groups in total. The van der Waals surface area contributed by atoms with E-state index < -0.39 is 28.0 Å². The van der Waals surface area contributed by atoms with Crippen LogP contribution in [-0.4, -0.2) is 43.6 Å². The number of nitrogens with one attached hydrogen (secondary N) is 1. The molecule has 1 rings (SSSR count). The summed E-state index contributed by atoms with van der Waals surface area (Å²) in [6.07, 6.45) is 2.15. The van der Waals surface area contributed by atoms with Crippen LogP contribution in [0, 0.1) is 0 Å². The van der Waals surface area contributed by atoms with Crippen LogP contribution in [-0.2, 0) is 19.6 Å². The minimum atomic E-state index is -4.07.